The van der Waals surface area contributed by atoms with Gasteiger partial charge >= 0.3 is 0 Å². The molecule has 0 unspecified atom stereocenters. The lowest BCUT2D eigenvalue weighted by Crippen LogP contribution is -2.52. The summed E-state index contributed by atoms with van der Waals surface area (Å²) in [6.07, 6.45) is 5.03. The van der Waals surface area contributed by atoms with E-state index in [9.17, 15) is 4.79 Å². The maximum atomic E-state index is 12.4. The van der Waals surface area contributed by atoms with E-state index in [0.29, 0.717) is 29.6 Å². The maximum Gasteiger partial charge on any atom is 0.231 e. The van der Waals surface area contributed by atoms with E-state index in [1.54, 1.807) is 10.9 Å². The average molecular weight is 369 g/mol. The van der Waals surface area contributed by atoms with Crippen molar-refractivity contribution in [3.8, 4) is 5.82 Å². The van der Waals surface area contributed by atoms with E-state index >= 15 is 0 Å². The van der Waals surface area contributed by atoms with Gasteiger partial charge in [-0.1, -0.05) is 17.7 Å². The van der Waals surface area contributed by atoms with Crippen LogP contribution in [0.1, 0.15) is 5.56 Å². The van der Waals surface area contributed by atoms with Gasteiger partial charge in [0.1, 0.15) is 12.1 Å². The number of halogens is 1. The Morgan fingerprint density at radius 1 is 1.23 bits per heavy atom. The Hall–Kier alpha value is -2.93. The van der Waals surface area contributed by atoms with Gasteiger partial charge in [-0.25, -0.2) is 14.6 Å². The van der Waals surface area contributed by atoms with Crippen molar-refractivity contribution in [2.45, 2.75) is 6.92 Å². The topological polar surface area (TPSA) is 75.9 Å². The Balaban J connectivity index is 1.39. The molecule has 132 valence electrons. The second-order valence-electron chi connectivity index (χ2n) is 6.26. The predicted molar refractivity (Wildman–Crippen MR) is 99.7 cm³/mol. The fourth-order valence-corrected chi connectivity index (χ4v) is 3.11. The van der Waals surface area contributed by atoms with Crippen molar-refractivity contribution in [2.75, 3.05) is 23.3 Å². The number of carbonyl (C=O) groups is 1. The quantitative estimate of drug-likeness (QED) is 0.766. The standard InChI is InChI=1S/C18H17ClN6O/c1-12-3-4-15(14(19)7-12)23-18(26)13-9-24(10-13)16-8-17(21-11-20-16)25-6-2-5-22-25/h2-8,11,13H,9-10H2,1H3,(H,23,26). The van der Waals surface area contributed by atoms with Crippen LogP contribution in [0.5, 0.6) is 0 Å². The number of carbonyl (C=O) groups excluding carboxylic acids is 1. The molecule has 7 nitrogen and oxygen atoms in total. The van der Waals surface area contributed by atoms with Crippen LogP contribution in [0, 0.1) is 12.8 Å². The third-order valence-corrected chi connectivity index (χ3v) is 4.65. The highest BCUT2D eigenvalue weighted by Gasteiger charge is 2.34. The minimum atomic E-state index is -0.101. The van der Waals surface area contributed by atoms with Crippen LogP contribution in [0.2, 0.25) is 5.02 Å². The second kappa shape index (κ2) is 6.76. The largest absolute Gasteiger partial charge is 0.355 e. The maximum absolute atomic E-state index is 12.4. The first kappa shape index (κ1) is 16.5. The van der Waals surface area contributed by atoms with Gasteiger partial charge in [0.05, 0.1) is 16.6 Å². The SMILES string of the molecule is Cc1ccc(NC(=O)C2CN(c3cc(-n4cccn4)ncn3)C2)c(Cl)c1. The summed E-state index contributed by atoms with van der Waals surface area (Å²) in [5.41, 5.74) is 1.70. The van der Waals surface area contributed by atoms with Gasteiger partial charge in [0.2, 0.25) is 5.91 Å². The molecule has 1 aliphatic heterocycles. The lowest BCUT2D eigenvalue weighted by Gasteiger charge is -2.39. The third-order valence-electron chi connectivity index (χ3n) is 4.34. The van der Waals surface area contributed by atoms with Crippen LogP contribution in [0.3, 0.4) is 0 Å². The number of hydrogen-bond acceptors (Lipinski definition) is 5. The summed E-state index contributed by atoms with van der Waals surface area (Å²) in [6, 6.07) is 9.28. The van der Waals surface area contributed by atoms with Crippen LogP contribution in [0.15, 0.2) is 49.1 Å². The Labute approximate surface area is 155 Å². The average Bonchev–Trinajstić information content (AvgIpc) is 3.11. The molecule has 4 rings (SSSR count). The van der Waals surface area contributed by atoms with Gasteiger partial charge < -0.3 is 10.2 Å². The molecule has 1 fully saturated rings. The van der Waals surface area contributed by atoms with E-state index in [-0.39, 0.29) is 11.8 Å². The predicted octanol–water partition coefficient (Wildman–Crippen LogP) is 2.70. The molecule has 0 saturated carbocycles. The van der Waals surface area contributed by atoms with Crippen LogP contribution in [-0.2, 0) is 4.79 Å². The molecule has 1 saturated heterocycles. The lowest BCUT2D eigenvalue weighted by molar-refractivity contribution is -0.120. The molecule has 0 radical (unpaired) electrons. The van der Waals surface area contributed by atoms with E-state index in [1.807, 2.05) is 48.4 Å². The molecule has 3 heterocycles. The molecule has 8 heteroatoms. The number of aromatic nitrogens is 4. The van der Waals surface area contributed by atoms with Crippen molar-refractivity contribution in [1.82, 2.24) is 19.7 Å². The van der Waals surface area contributed by atoms with Gasteiger partial charge in [-0.2, -0.15) is 5.10 Å². The summed E-state index contributed by atoms with van der Waals surface area (Å²) < 4.78 is 1.68. The first-order chi connectivity index (χ1) is 12.6. The number of nitrogens with one attached hydrogen (secondary N) is 1. The Bertz CT molecular complexity index is 937. The number of hydrogen-bond donors (Lipinski definition) is 1. The normalized spacial score (nSPS) is 14.2. The molecular formula is C18H17ClN6O. The monoisotopic (exact) mass is 368 g/mol. The Morgan fingerprint density at radius 3 is 2.77 bits per heavy atom. The smallest absolute Gasteiger partial charge is 0.231 e. The highest BCUT2D eigenvalue weighted by atomic mass is 35.5. The van der Waals surface area contributed by atoms with E-state index in [2.05, 4.69) is 20.4 Å². The first-order valence-electron chi connectivity index (χ1n) is 8.24. The third kappa shape index (κ3) is 3.25. The van der Waals surface area contributed by atoms with Gasteiger partial charge in [0.15, 0.2) is 5.82 Å². The van der Waals surface area contributed by atoms with E-state index in [1.165, 1.54) is 6.33 Å². The number of nitrogens with zero attached hydrogens (tertiary/aromatic N) is 5. The summed E-state index contributed by atoms with van der Waals surface area (Å²) in [5, 5.41) is 7.62. The fraction of sp³-hybridized carbons (Fsp3) is 0.222. The minimum absolute atomic E-state index is 0.0339. The van der Waals surface area contributed by atoms with Crippen LogP contribution in [0.25, 0.3) is 5.82 Å². The van der Waals surface area contributed by atoms with Crippen molar-refractivity contribution < 1.29 is 4.79 Å². The summed E-state index contributed by atoms with van der Waals surface area (Å²) in [5.74, 6) is 1.34. The molecule has 26 heavy (non-hydrogen) atoms. The number of benzene rings is 1. The molecular weight excluding hydrogens is 352 g/mol. The van der Waals surface area contributed by atoms with E-state index in [0.717, 1.165) is 11.4 Å². The zero-order valence-corrected chi connectivity index (χ0v) is 14.9. The zero-order valence-electron chi connectivity index (χ0n) is 14.1. The van der Waals surface area contributed by atoms with E-state index < -0.39 is 0 Å². The summed E-state index contributed by atoms with van der Waals surface area (Å²) in [4.78, 5) is 23.0. The Morgan fingerprint density at radius 2 is 2.04 bits per heavy atom. The number of aryl methyl sites for hydroxylation is 1. The highest BCUT2D eigenvalue weighted by molar-refractivity contribution is 6.33. The first-order valence-corrected chi connectivity index (χ1v) is 8.62. The molecule has 3 aromatic rings. The molecule has 1 N–H and O–H groups in total. The Kier molecular flexibility index (Phi) is 4.30. The van der Waals surface area contributed by atoms with Gasteiger partial charge in [0.25, 0.3) is 0 Å². The summed E-state index contributed by atoms with van der Waals surface area (Å²) >= 11 is 6.18. The molecule has 1 aromatic carbocycles. The van der Waals surface area contributed by atoms with Gasteiger partial charge in [-0.05, 0) is 30.7 Å². The lowest BCUT2D eigenvalue weighted by atomic mass is 9.99. The van der Waals surface area contributed by atoms with Crippen molar-refractivity contribution >= 4 is 29.0 Å². The molecule has 0 bridgehead atoms. The molecule has 0 spiro atoms. The zero-order chi connectivity index (χ0) is 18.1. The summed E-state index contributed by atoms with van der Waals surface area (Å²) in [6.45, 7) is 3.16. The van der Waals surface area contributed by atoms with Crippen molar-refractivity contribution in [3.63, 3.8) is 0 Å². The van der Waals surface area contributed by atoms with Gasteiger partial charge in [0, 0.05) is 31.5 Å². The van der Waals surface area contributed by atoms with Crippen LogP contribution in [0.4, 0.5) is 11.5 Å². The van der Waals surface area contributed by atoms with Crippen molar-refractivity contribution in [2.24, 2.45) is 5.92 Å². The van der Waals surface area contributed by atoms with Crippen LogP contribution < -0.4 is 10.2 Å². The molecule has 1 aliphatic rings. The molecule has 2 aromatic heterocycles. The highest BCUT2D eigenvalue weighted by Crippen LogP contribution is 2.27. The van der Waals surface area contributed by atoms with Gasteiger partial charge in [-0.15, -0.1) is 0 Å². The van der Waals surface area contributed by atoms with E-state index in [4.69, 9.17) is 11.6 Å². The van der Waals surface area contributed by atoms with Gasteiger partial charge in [-0.3, -0.25) is 4.79 Å². The number of rotatable bonds is 4. The fourth-order valence-electron chi connectivity index (χ4n) is 2.83. The molecule has 0 aliphatic carbocycles. The van der Waals surface area contributed by atoms with Crippen LogP contribution >= 0.6 is 11.6 Å². The number of anilines is 2. The van der Waals surface area contributed by atoms with Crippen LogP contribution in [-0.4, -0.2) is 38.7 Å². The molecule has 1 amide bonds. The second-order valence-corrected chi connectivity index (χ2v) is 6.67. The number of amides is 1. The minimum Gasteiger partial charge on any atom is -0.355 e. The van der Waals surface area contributed by atoms with Crippen molar-refractivity contribution in [3.05, 3.63) is 59.6 Å². The summed E-state index contributed by atoms with van der Waals surface area (Å²) in [7, 11) is 0. The molecule has 0 atom stereocenters. The van der Waals surface area contributed by atoms with Crippen molar-refractivity contribution in [1.29, 1.82) is 0 Å².